The number of rotatable bonds is 4. The number of carbonyl (C=O) groups is 1. The van der Waals surface area contributed by atoms with Crippen molar-refractivity contribution in [2.45, 2.75) is 12.7 Å². The van der Waals surface area contributed by atoms with Gasteiger partial charge in [0, 0.05) is 22.0 Å². The molecule has 0 aliphatic heterocycles. The maximum atomic E-state index is 12.4. The fourth-order valence-electron chi connectivity index (χ4n) is 1.48. The Morgan fingerprint density at radius 1 is 1.40 bits per heavy atom. The first-order valence-electron chi connectivity index (χ1n) is 5.45. The van der Waals surface area contributed by atoms with E-state index < -0.39 is 17.8 Å². The lowest BCUT2D eigenvalue weighted by atomic mass is 10.4. The van der Waals surface area contributed by atoms with E-state index in [9.17, 15) is 18.0 Å². The number of carboxylic acids is 1. The summed E-state index contributed by atoms with van der Waals surface area (Å²) in [6.45, 7) is 0.210. The van der Waals surface area contributed by atoms with Gasteiger partial charge in [-0.3, -0.25) is 4.68 Å². The Morgan fingerprint density at radius 3 is 2.75 bits per heavy atom. The Balaban J connectivity index is 2.07. The second kappa shape index (κ2) is 5.49. The molecule has 8 heteroatoms. The maximum absolute atomic E-state index is 12.4. The zero-order chi connectivity index (χ0) is 14.8. The number of hydrogen-bond donors (Lipinski definition) is 1. The van der Waals surface area contributed by atoms with Gasteiger partial charge in [-0.2, -0.15) is 18.3 Å². The molecule has 2 rings (SSSR count). The van der Waals surface area contributed by atoms with Crippen LogP contribution >= 0.6 is 11.3 Å². The quantitative estimate of drug-likeness (QED) is 0.883. The summed E-state index contributed by atoms with van der Waals surface area (Å²) in [7, 11) is 0. The van der Waals surface area contributed by atoms with E-state index in [2.05, 4.69) is 5.10 Å². The third kappa shape index (κ3) is 3.70. The van der Waals surface area contributed by atoms with Gasteiger partial charge >= 0.3 is 12.1 Å². The van der Waals surface area contributed by atoms with Crippen molar-refractivity contribution in [3.05, 3.63) is 45.9 Å². The predicted octanol–water partition coefficient (Wildman–Crippen LogP) is 3.11. The molecule has 2 aromatic rings. The lowest BCUT2D eigenvalue weighted by Crippen LogP contribution is -2.08. The Hall–Kier alpha value is -2.09. The second-order valence-corrected chi connectivity index (χ2v) is 5.07. The zero-order valence-corrected chi connectivity index (χ0v) is 10.8. The monoisotopic (exact) mass is 302 g/mol. The molecule has 20 heavy (non-hydrogen) atoms. The van der Waals surface area contributed by atoms with Gasteiger partial charge in [-0.1, -0.05) is 0 Å². The molecule has 2 aromatic heterocycles. The van der Waals surface area contributed by atoms with Crippen LogP contribution in [0, 0.1) is 0 Å². The van der Waals surface area contributed by atoms with E-state index in [-0.39, 0.29) is 6.54 Å². The number of aliphatic carboxylic acids is 1. The molecule has 1 N–H and O–H groups in total. The van der Waals surface area contributed by atoms with Crippen LogP contribution in [0.1, 0.15) is 15.4 Å². The van der Waals surface area contributed by atoms with E-state index in [1.165, 1.54) is 28.3 Å². The van der Waals surface area contributed by atoms with Crippen LogP contribution in [-0.2, 0) is 17.5 Å². The van der Waals surface area contributed by atoms with Crippen LogP contribution in [-0.4, -0.2) is 20.9 Å². The number of halogens is 3. The molecule has 0 unspecified atom stereocenters. The molecule has 0 aromatic carbocycles. The maximum Gasteiger partial charge on any atom is 0.435 e. The highest BCUT2D eigenvalue weighted by atomic mass is 32.1. The average molecular weight is 302 g/mol. The summed E-state index contributed by atoms with van der Waals surface area (Å²) in [5.74, 6) is -1.05. The summed E-state index contributed by atoms with van der Waals surface area (Å²) in [6.07, 6.45) is -0.753. The van der Waals surface area contributed by atoms with Gasteiger partial charge in [0.2, 0.25) is 0 Å². The number of alkyl halides is 3. The number of nitrogens with zero attached hydrogens (tertiary/aromatic N) is 2. The molecule has 106 valence electrons. The lowest BCUT2D eigenvalue weighted by molar-refractivity contribution is -0.141. The third-order valence-corrected chi connectivity index (χ3v) is 3.36. The van der Waals surface area contributed by atoms with Gasteiger partial charge in [0.1, 0.15) is 0 Å². The first-order chi connectivity index (χ1) is 9.34. The molecule has 0 aliphatic rings. The van der Waals surface area contributed by atoms with Crippen molar-refractivity contribution >= 4 is 23.4 Å². The summed E-state index contributed by atoms with van der Waals surface area (Å²) in [4.78, 5) is 11.9. The third-order valence-electron chi connectivity index (χ3n) is 2.32. The van der Waals surface area contributed by atoms with Crippen molar-refractivity contribution in [3.63, 3.8) is 0 Å². The van der Waals surface area contributed by atoms with E-state index in [0.717, 1.165) is 17.0 Å². The Morgan fingerprint density at radius 2 is 2.15 bits per heavy atom. The SMILES string of the molecule is O=C(O)C=Cc1ccc(Cn2ccc(C(F)(F)F)n2)s1. The normalized spacial score (nSPS) is 12.2. The predicted molar refractivity (Wildman–Crippen MR) is 67.3 cm³/mol. The fourth-order valence-corrected chi connectivity index (χ4v) is 2.39. The molecule has 0 spiro atoms. The van der Waals surface area contributed by atoms with Gasteiger partial charge in [0.15, 0.2) is 5.69 Å². The summed E-state index contributed by atoms with van der Waals surface area (Å²) >= 11 is 1.29. The van der Waals surface area contributed by atoms with Crippen LogP contribution in [0.25, 0.3) is 6.08 Å². The van der Waals surface area contributed by atoms with Crippen molar-refractivity contribution in [2.24, 2.45) is 0 Å². The Kier molecular flexibility index (Phi) is 3.93. The van der Waals surface area contributed by atoms with Gasteiger partial charge in [0.05, 0.1) is 6.54 Å². The number of carboxylic acid groups (broad SMARTS) is 1. The summed E-state index contributed by atoms with van der Waals surface area (Å²) in [6, 6.07) is 4.34. The van der Waals surface area contributed by atoms with Gasteiger partial charge in [-0.05, 0) is 24.3 Å². The smallest absolute Gasteiger partial charge is 0.435 e. The molecular formula is C12H9F3N2O2S. The van der Waals surface area contributed by atoms with Crippen LogP contribution < -0.4 is 0 Å². The van der Waals surface area contributed by atoms with Crippen LogP contribution in [0.5, 0.6) is 0 Å². The van der Waals surface area contributed by atoms with Gasteiger partial charge in [0.25, 0.3) is 0 Å². The van der Waals surface area contributed by atoms with Crippen LogP contribution in [0.4, 0.5) is 13.2 Å². The molecule has 0 atom stereocenters. The highest BCUT2D eigenvalue weighted by molar-refractivity contribution is 7.12. The van der Waals surface area contributed by atoms with E-state index in [4.69, 9.17) is 5.11 Å². The van der Waals surface area contributed by atoms with Crippen molar-refractivity contribution in [2.75, 3.05) is 0 Å². The largest absolute Gasteiger partial charge is 0.478 e. The van der Waals surface area contributed by atoms with Crippen LogP contribution in [0.15, 0.2) is 30.5 Å². The van der Waals surface area contributed by atoms with Crippen LogP contribution in [0.2, 0.25) is 0 Å². The Bertz CT molecular complexity index is 643. The van der Waals surface area contributed by atoms with E-state index in [0.29, 0.717) is 4.88 Å². The molecule has 0 radical (unpaired) electrons. The standard InChI is InChI=1S/C12H9F3N2O2S/c13-12(14,15)10-5-6-17(16-10)7-9-2-1-8(20-9)3-4-11(18)19/h1-6H,7H2,(H,18,19). The minimum absolute atomic E-state index is 0.210. The molecule has 4 nitrogen and oxygen atoms in total. The molecule has 0 aliphatic carbocycles. The second-order valence-electron chi connectivity index (χ2n) is 3.87. The van der Waals surface area contributed by atoms with E-state index >= 15 is 0 Å². The van der Waals surface area contributed by atoms with Crippen molar-refractivity contribution in [1.82, 2.24) is 9.78 Å². The lowest BCUT2D eigenvalue weighted by Gasteiger charge is -2.01. The van der Waals surface area contributed by atoms with Crippen molar-refractivity contribution in [1.29, 1.82) is 0 Å². The summed E-state index contributed by atoms with van der Waals surface area (Å²) in [5.41, 5.74) is -0.931. The van der Waals surface area contributed by atoms with Gasteiger partial charge in [-0.15, -0.1) is 11.3 Å². The molecule has 0 saturated heterocycles. The molecule has 0 fully saturated rings. The van der Waals surface area contributed by atoms with Crippen molar-refractivity contribution in [3.8, 4) is 0 Å². The molecular weight excluding hydrogens is 293 g/mol. The highest BCUT2D eigenvalue weighted by Gasteiger charge is 2.33. The number of aromatic nitrogens is 2. The number of hydrogen-bond acceptors (Lipinski definition) is 3. The molecule has 0 saturated carbocycles. The molecule has 0 amide bonds. The summed E-state index contributed by atoms with van der Waals surface area (Å²) < 4.78 is 38.3. The highest BCUT2D eigenvalue weighted by Crippen LogP contribution is 2.27. The Labute approximate surface area is 115 Å². The zero-order valence-electron chi connectivity index (χ0n) is 9.96. The van der Waals surface area contributed by atoms with Gasteiger partial charge < -0.3 is 5.11 Å². The van der Waals surface area contributed by atoms with Gasteiger partial charge in [-0.25, -0.2) is 4.79 Å². The number of thiophene rings is 1. The van der Waals surface area contributed by atoms with E-state index in [1.54, 1.807) is 12.1 Å². The average Bonchev–Trinajstić information content (AvgIpc) is 2.95. The minimum atomic E-state index is -4.45. The minimum Gasteiger partial charge on any atom is -0.478 e. The molecule has 2 heterocycles. The fraction of sp³-hybridized carbons (Fsp3) is 0.167. The first kappa shape index (κ1) is 14.3. The molecule has 0 bridgehead atoms. The first-order valence-corrected chi connectivity index (χ1v) is 6.26. The van der Waals surface area contributed by atoms with E-state index in [1.807, 2.05) is 0 Å². The van der Waals surface area contributed by atoms with Crippen LogP contribution in [0.3, 0.4) is 0 Å². The topological polar surface area (TPSA) is 55.1 Å². The van der Waals surface area contributed by atoms with Crippen molar-refractivity contribution < 1.29 is 23.1 Å². The summed E-state index contributed by atoms with van der Waals surface area (Å²) in [5, 5.41) is 11.9.